The Morgan fingerprint density at radius 2 is 2.31 bits per heavy atom. The summed E-state index contributed by atoms with van der Waals surface area (Å²) in [5.41, 5.74) is 0.522. The van der Waals surface area contributed by atoms with E-state index in [0.29, 0.717) is 22.9 Å². The zero-order valence-corrected chi connectivity index (χ0v) is 9.35. The molecule has 0 amide bonds. The van der Waals surface area contributed by atoms with Crippen molar-refractivity contribution in [2.75, 3.05) is 6.61 Å². The molecule has 0 atom stereocenters. The molecule has 1 aromatic rings. The second-order valence-corrected chi connectivity index (χ2v) is 3.48. The summed E-state index contributed by atoms with van der Waals surface area (Å²) in [5.74, 6) is 0.599. The van der Waals surface area contributed by atoms with Crippen molar-refractivity contribution in [2.45, 2.75) is 6.92 Å². The van der Waals surface area contributed by atoms with E-state index in [0.717, 1.165) is 0 Å². The summed E-state index contributed by atoms with van der Waals surface area (Å²) in [6, 6.07) is 4.91. The van der Waals surface area contributed by atoms with Gasteiger partial charge < -0.3 is 4.74 Å². The van der Waals surface area contributed by atoms with Crippen molar-refractivity contribution < 1.29 is 9.53 Å². The average Bonchev–Trinajstić information content (AvgIpc) is 2.08. The molecule has 0 heterocycles. The number of hydrogen-bond acceptors (Lipinski definition) is 2. The van der Waals surface area contributed by atoms with Crippen molar-refractivity contribution in [1.29, 1.82) is 0 Å². The van der Waals surface area contributed by atoms with Gasteiger partial charge in [-0.3, -0.25) is 4.79 Å². The summed E-state index contributed by atoms with van der Waals surface area (Å²) in [6.45, 7) is 2.43. The molecule has 0 N–H and O–H groups in total. The van der Waals surface area contributed by atoms with Crippen molar-refractivity contribution in [1.82, 2.24) is 0 Å². The SMILES string of the molecule is CCOc1ccc(C(=O)Br)cc1Cl. The van der Waals surface area contributed by atoms with Gasteiger partial charge in [-0.15, -0.1) is 0 Å². The molecule has 0 unspecified atom stereocenters. The van der Waals surface area contributed by atoms with E-state index in [1.54, 1.807) is 18.2 Å². The molecule has 4 heteroatoms. The smallest absolute Gasteiger partial charge is 0.228 e. The lowest BCUT2D eigenvalue weighted by molar-refractivity contribution is 0.109. The molecule has 0 aliphatic carbocycles. The van der Waals surface area contributed by atoms with Crippen LogP contribution in [0.1, 0.15) is 17.3 Å². The van der Waals surface area contributed by atoms with Crippen LogP contribution in [0.3, 0.4) is 0 Å². The maximum absolute atomic E-state index is 10.9. The molecule has 2 nitrogen and oxygen atoms in total. The molecule has 0 saturated carbocycles. The van der Waals surface area contributed by atoms with Gasteiger partial charge in [0.15, 0.2) is 0 Å². The van der Waals surface area contributed by atoms with Crippen LogP contribution in [-0.4, -0.2) is 11.3 Å². The highest BCUT2D eigenvalue weighted by molar-refractivity contribution is 9.18. The Labute approximate surface area is 90.0 Å². The van der Waals surface area contributed by atoms with Crippen LogP contribution in [0.2, 0.25) is 5.02 Å². The van der Waals surface area contributed by atoms with Gasteiger partial charge in [0, 0.05) is 5.56 Å². The third kappa shape index (κ3) is 2.71. The number of ether oxygens (including phenoxy) is 1. The molecule has 0 aliphatic rings. The summed E-state index contributed by atoms with van der Waals surface area (Å²) in [4.78, 5) is 10.9. The molecule has 0 fully saturated rings. The number of rotatable bonds is 3. The van der Waals surface area contributed by atoms with E-state index in [1.807, 2.05) is 6.92 Å². The Kier molecular flexibility index (Phi) is 3.75. The second kappa shape index (κ2) is 4.63. The zero-order valence-electron chi connectivity index (χ0n) is 7.01. The van der Waals surface area contributed by atoms with E-state index in [4.69, 9.17) is 16.3 Å². The quantitative estimate of drug-likeness (QED) is 0.782. The number of benzene rings is 1. The summed E-state index contributed by atoms with van der Waals surface area (Å²) in [7, 11) is 0. The van der Waals surface area contributed by atoms with Crippen LogP contribution in [0.4, 0.5) is 0 Å². The van der Waals surface area contributed by atoms with Gasteiger partial charge in [0.2, 0.25) is 4.69 Å². The summed E-state index contributed by atoms with van der Waals surface area (Å²) in [5, 5.41) is 0.451. The lowest BCUT2D eigenvalue weighted by Gasteiger charge is -2.05. The first-order chi connectivity index (χ1) is 6.15. The Morgan fingerprint density at radius 3 is 2.77 bits per heavy atom. The van der Waals surface area contributed by atoms with Crippen LogP contribution in [0.15, 0.2) is 18.2 Å². The lowest BCUT2D eigenvalue weighted by atomic mass is 10.2. The highest BCUT2D eigenvalue weighted by Crippen LogP contribution is 2.26. The van der Waals surface area contributed by atoms with E-state index in [-0.39, 0.29) is 4.69 Å². The highest BCUT2D eigenvalue weighted by atomic mass is 79.9. The molecule has 0 bridgehead atoms. The molecular formula is C9H8BrClO2. The van der Waals surface area contributed by atoms with Gasteiger partial charge in [-0.1, -0.05) is 11.6 Å². The predicted molar refractivity (Wildman–Crippen MR) is 55.9 cm³/mol. The minimum absolute atomic E-state index is 0.183. The van der Waals surface area contributed by atoms with Gasteiger partial charge >= 0.3 is 0 Å². The molecular weight excluding hydrogens is 255 g/mol. The summed E-state index contributed by atoms with van der Waals surface area (Å²) >= 11 is 8.70. The molecule has 0 aromatic heterocycles. The standard InChI is InChI=1S/C9H8BrClO2/c1-2-13-8-4-3-6(9(10)12)5-7(8)11/h3-5H,2H2,1H3. The maximum atomic E-state index is 10.9. The van der Waals surface area contributed by atoms with Gasteiger partial charge in [-0.2, -0.15) is 0 Å². The Hall–Kier alpha value is -0.540. The summed E-state index contributed by atoms with van der Waals surface area (Å²) in [6.07, 6.45) is 0. The Morgan fingerprint density at radius 1 is 1.62 bits per heavy atom. The number of halogens is 2. The zero-order chi connectivity index (χ0) is 9.84. The number of hydrogen-bond donors (Lipinski definition) is 0. The van der Waals surface area contributed by atoms with Crippen molar-refractivity contribution in [2.24, 2.45) is 0 Å². The van der Waals surface area contributed by atoms with Crippen molar-refractivity contribution in [3.05, 3.63) is 28.8 Å². The molecule has 1 aromatic carbocycles. The summed E-state index contributed by atoms with van der Waals surface area (Å²) < 4.78 is 5.03. The Balaban J connectivity index is 2.98. The molecule has 0 aliphatic heterocycles. The Bertz CT molecular complexity index is 325. The third-order valence-corrected chi connectivity index (χ3v) is 2.21. The van der Waals surface area contributed by atoms with E-state index < -0.39 is 0 Å². The molecule has 0 spiro atoms. The monoisotopic (exact) mass is 262 g/mol. The fourth-order valence-electron chi connectivity index (χ4n) is 0.896. The van der Waals surface area contributed by atoms with Gasteiger partial charge in [-0.05, 0) is 41.1 Å². The van der Waals surface area contributed by atoms with Crippen molar-refractivity contribution in [3.8, 4) is 5.75 Å². The van der Waals surface area contributed by atoms with Gasteiger partial charge in [0.25, 0.3) is 0 Å². The van der Waals surface area contributed by atoms with E-state index >= 15 is 0 Å². The molecule has 1 rings (SSSR count). The van der Waals surface area contributed by atoms with Crippen LogP contribution in [-0.2, 0) is 0 Å². The third-order valence-electron chi connectivity index (χ3n) is 1.46. The van der Waals surface area contributed by atoms with E-state index in [1.165, 1.54) is 0 Å². The van der Waals surface area contributed by atoms with Crippen LogP contribution in [0.5, 0.6) is 5.75 Å². The van der Waals surface area contributed by atoms with Gasteiger partial charge in [0.05, 0.1) is 11.6 Å². The normalized spacial score (nSPS) is 9.77. The van der Waals surface area contributed by atoms with Crippen LogP contribution >= 0.6 is 27.5 Å². The van der Waals surface area contributed by atoms with E-state index in [9.17, 15) is 4.79 Å². The van der Waals surface area contributed by atoms with Gasteiger partial charge in [-0.25, -0.2) is 0 Å². The maximum Gasteiger partial charge on any atom is 0.228 e. The first-order valence-corrected chi connectivity index (χ1v) is 4.94. The largest absolute Gasteiger partial charge is 0.492 e. The number of carbonyl (C=O) groups excluding carboxylic acids is 1. The van der Waals surface area contributed by atoms with Crippen LogP contribution < -0.4 is 4.74 Å². The number of carbonyl (C=O) groups is 1. The topological polar surface area (TPSA) is 26.3 Å². The predicted octanol–water partition coefficient (Wildman–Crippen LogP) is 3.27. The van der Waals surface area contributed by atoms with Crippen molar-refractivity contribution >= 4 is 32.2 Å². The minimum atomic E-state index is -0.183. The fourth-order valence-corrected chi connectivity index (χ4v) is 1.38. The second-order valence-electron chi connectivity index (χ2n) is 2.35. The molecule has 0 radical (unpaired) electrons. The average molecular weight is 264 g/mol. The lowest BCUT2D eigenvalue weighted by Crippen LogP contribution is -1.94. The van der Waals surface area contributed by atoms with Gasteiger partial charge in [0.1, 0.15) is 5.75 Å². The fraction of sp³-hybridized carbons (Fsp3) is 0.222. The minimum Gasteiger partial charge on any atom is -0.492 e. The first kappa shape index (κ1) is 10.5. The van der Waals surface area contributed by atoms with E-state index in [2.05, 4.69) is 15.9 Å². The molecule has 70 valence electrons. The van der Waals surface area contributed by atoms with Crippen LogP contribution in [0, 0.1) is 0 Å². The van der Waals surface area contributed by atoms with Crippen molar-refractivity contribution in [3.63, 3.8) is 0 Å². The highest BCUT2D eigenvalue weighted by Gasteiger charge is 2.05. The molecule has 13 heavy (non-hydrogen) atoms. The first-order valence-electron chi connectivity index (χ1n) is 3.77. The van der Waals surface area contributed by atoms with Crippen LogP contribution in [0.25, 0.3) is 0 Å². The molecule has 0 saturated heterocycles.